The lowest BCUT2D eigenvalue weighted by molar-refractivity contribution is -0.148. The Balaban J connectivity index is 1.96. The lowest BCUT2D eigenvalue weighted by Crippen LogP contribution is -2.42. The van der Waals surface area contributed by atoms with Crippen molar-refractivity contribution in [2.24, 2.45) is 0 Å². The van der Waals surface area contributed by atoms with Crippen LogP contribution < -0.4 is 4.74 Å². The molecule has 2 rings (SSSR count). The number of amides is 1. The number of carboxylic acids is 1. The predicted octanol–water partition coefficient (Wildman–Crippen LogP) is 1.34. The van der Waals surface area contributed by atoms with E-state index in [9.17, 15) is 14.4 Å². The maximum absolute atomic E-state index is 12.0. The Labute approximate surface area is 122 Å². The largest absolute Gasteiger partial charge is 0.484 e. The summed E-state index contributed by atoms with van der Waals surface area (Å²) in [5.74, 6) is -1.01. The van der Waals surface area contributed by atoms with Crippen molar-refractivity contribution in [1.82, 2.24) is 4.90 Å². The number of benzene rings is 1. The number of hydrogen-bond acceptors (Lipinski definition) is 4. The fourth-order valence-electron chi connectivity index (χ4n) is 2.35. The van der Waals surface area contributed by atoms with Crippen LogP contribution in [0.15, 0.2) is 24.3 Å². The molecule has 1 saturated heterocycles. The van der Waals surface area contributed by atoms with Crippen molar-refractivity contribution < 1.29 is 24.2 Å². The summed E-state index contributed by atoms with van der Waals surface area (Å²) in [4.78, 5) is 35.7. The third-order valence-corrected chi connectivity index (χ3v) is 3.46. The summed E-state index contributed by atoms with van der Waals surface area (Å²) in [6, 6.07) is 5.79. The summed E-state index contributed by atoms with van der Waals surface area (Å²) in [6.07, 6.45) is 1.16. The zero-order valence-corrected chi connectivity index (χ0v) is 11.7. The lowest BCUT2D eigenvalue weighted by Gasteiger charge is -2.21. The predicted molar refractivity (Wildman–Crippen MR) is 74.3 cm³/mol. The number of hydrogen-bond donors (Lipinski definition) is 1. The quantitative estimate of drug-likeness (QED) is 0.828. The maximum atomic E-state index is 12.0. The van der Waals surface area contributed by atoms with E-state index in [1.54, 1.807) is 24.3 Å². The summed E-state index contributed by atoms with van der Waals surface area (Å²) < 4.78 is 5.36. The first kappa shape index (κ1) is 15.0. The monoisotopic (exact) mass is 291 g/mol. The van der Waals surface area contributed by atoms with Crippen molar-refractivity contribution in [3.05, 3.63) is 29.8 Å². The number of carbonyl (C=O) groups is 3. The van der Waals surface area contributed by atoms with Crippen LogP contribution in [0, 0.1) is 0 Å². The second-order valence-electron chi connectivity index (χ2n) is 4.96. The minimum Gasteiger partial charge on any atom is -0.484 e. The SMILES string of the molecule is CC(=O)c1cccc(OCC(=O)N2CCC[C@H]2C(=O)O)c1. The van der Waals surface area contributed by atoms with Crippen LogP contribution in [0.3, 0.4) is 0 Å². The highest BCUT2D eigenvalue weighted by Gasteiger charge is 2.33. The molecule has 0 saturated carbocycles. The zero-order valence-electron chi connectivity index (χ0n) is 11.7. The molecule has 0 aromatic heterocycles. The Morgan fingerprint density at radius 1 is 1.38 bits per heavy atom. The number of nitrogens with zero attached hydrogens (tertiary/aromatic N) is 1. The third kappa shape index (κ3) is 3.59. The summed E-state index contributed by atoms with van der Waals surface area (Å²) >= 11 is 0. The zero-order chi connectivity index (χ0) is 15.4. The molecule has 0 unspecified atom stereocenters. The van der Waals surface area contributed by atoms with Crippen LogP contribution in [0.5, 0.6) is 5.75 Å². The van der Waals surface area contributed by atoms with Crippen molar-refractivity contribution in [2.45, 2.75) is 25.8 Å². The van der Waals surface area contributed by atoms with Gasteiger partial charge in [-0.25, -0.2) is 4.79 Å². The van der Waals surface area contributed by atoms with Crippen molar-refractivity contribution in [3.8, 4) is 5.75 Å². The van der Waals surface area contributed by atoms with Crippen LogP contribution in [-0.2, 0) is 9.59 Å². The molecule has 1 aromatic rings. The molecule has 1 atom stereocenters. The molecule has 112 valence electrons. The van der Waals surface area contributed by atoms with Gasteiger partial charge in [-0.3, -0.25) is 9.59 Å². The molecule has 6 heteroatoms. The van der Waals surface area contributed by atoms with E-state index >= 15 is 0 Å². The van der Waals surface area contributed by atoms with Crippen molar-refractivity contribution in [3.63, 3.8) is 0 Å². The molecule has 6 nitrogen and oxygen atoms in total. The first-order valence-electron chi connectivity index (χ1n) is 6.75. The highest BCUT2D eigenvalue weighted by Crippen LogP contribution is 2.18. The molecule has 1 aliphatic rings. The Kier molecular flexibility index (Phi) is 4.57. The van der Waals surface area contributed by atoms with Crippen molar-refractivity contribution in [2.75, 3.05) is 13.2 Å². The van der Waals surface area contributed by atoms with Gasteiger partial charge in [0.05, 0.1) is 0 Å². The van der Waals surface area contributed by atoms with Gasteiger partial charge in [-0.1, -0.05) is 12.1 Å². The molecular weight excluding hydrogens is 274 g/mol. The fourth-order valence-corrected chi connectivity index (χ4v) is 2.35. The van der Waals surface area contributed by atoms with E-state index in [1.807, 2.05) is 0 Å². The number of carbonyl (C=O) groups excluding carboxylic acids is 2. The van der Waals surface area contributed by atoms with E-state index in [0.717, 1.165) is 0 Å². The van der Waals surface area contributed by atoms with Crippen molar-refractivity contribution >= 4 is 17.7 Å². The van der Waals surface area contributed by atoms with E-state index in [2.05, 4.69) is 0 Å². The number of likely N-dealkylation sites (tertiary alicyclic amines) is 1. The minimum absolute atomic E-state index is 0.0859. The standard InChI is InChI=1S/C15H17NO5/c1-10(17)11-4-2-5-12(8-11)21-9-14(18)16-7-3-6-13(16)15(19)20/h2,4-5,8,13H,3,6-7,9H2,1H3,(H,19,20)/t13-/m0/s1. The van der Waals surface area contributed by atoms with E-state index in [-0.39, 0.29) is 18.3 Å². The molecule has 1 fully saturated rings. The average molecular weight is 291 g/mol. The molecule has 1 N–H and O–H groups in total. The number of Topliss-reactive ketones (excluding diaryl/α,β-unsaturated/α-hetero) is 1. The summed E-state index contributed by atoms with van der Waals surface area (Å²) in [5.41, 5.74) is 0.504. The molecule has 0 spiro atoms. The van der Waals surface area contributed by atoms with E-state index in [1.165, 1.54) is 11.8 Å². The topological polar surface area (TPSA) is 83.9 Å². The van der Waals surface area contributed by atoms with Gasteiger partial charge >= 0.3 is 5.97 Å². The second kappa shape index (κ2) is 6.39. The Bertz CT molecular complexity index is 569. The fraction of sp³-hybridized carbons (Fsp3) is 0.400. The third-order valence-electron chi connectivity index (χ3n) is 3.46. The molecule has 1 aliphatic heterocycles. The highest BCUT2D eigenvalue weighted by molar-refractivity contribution is 5.94. The van der Waals surface area contributed by atoms with Crippen LogP contribution in [-0.4, -0.2) is 46.9 Å². The van der Waals surface area contributed by atoms with E-state index in [4.69, 9.17) is 9.84 Å². The van der Waals surface area contributed by atoms with Gasteiger partial charge in [0.25, 0.3) is 5.91 Å². The van der Waals surface area contributed by atoms with Gasteiger partial charge in [-0.05, 0) is 31.9 Å². The lowest BCUT2D eigenvalue weighted by atomic mass is 10.1. The van der Waals surface area contributed by atoms with Crippen molar-refractivity contribution in [1.29, 1.82) is 0 Å². The molecule has 0 radical (unpaired) electrons. The van der Waals surface area contributed by atoms with Gasteiger partial charge in [0.1, 0.15) is 11.8 Å². The molecule has 1 heterocycles. The van der Waals surface area contributed by atoms with Crippen LogP contribution in [0.1, 0.15) is 30.1 Å². The normalized spacial score (nSPS) is 17.6. The Morgan fingerprint density at radius 2 is 2.14 bits per heavy atom. The van der Waals surface area contributed by atoms with Crippen LogP contribution >= 0.6 is 0 Å². The molecule has 1 aromatic carbocycles. The van der Waals surface area contributed by atoms with Crippen LogP contribution in [0.2, 0.25) is 0 Å². The summed E-state index contributed by atoms with van der Waals surface area (Å²) in [5, 5.41) is 9.04. The number of aliphatic carboxylic acids is 1. The average Bonchev–Trinajstić information content (AvgIpc) is 2.94. The van der Waals surface area contributed by atoms with Gasteiger partial charge in [0.15, 0.2) is 12.4 Å². The number of carboxylic acid groups (broad SMARTS) is 1. The first-order chi connectivity index (χ1) is 9.99. The number of ketones is 1. The molecule has 0 aliphatic carbocycles. The van der Waals surface area contributed by atoms with Crippen LogP contribution in [0.25, 0.3) is 0 Å². The summed E-state index contributed by atoms with van der Waals surface area (Å²) in [7, 11) is 0. The van der Waals surface area contributed by atoms with Gasteiger partial charge in [-0.2, -0.15) is 0 Å². The second-order valence-corrected chi connectivity index (χ2v) is 4.96. The van der Waals surface area contributed by atoms with E-state index < -0.39 is 12.0 Å². The maximum Gasteiger partial charge on any atom is 0.326 e. The van der Waals surface area contributed by atoms with Crippen LogP contribution in [0.4, 0.5) is 0 Å². The number of rotatable bonds is 5. The Hall–Kier alpha value is -2.37. The van der Waals surface area contributed by atoms with Gasteiger partial charge in [-0.15, -0.1) is 0 Å². The molecular formula is C15H17NO5. The van der Waals surface area contributed by atoms with Gasteiger partial charge in [0.2, 0.25) is 0 Å². The van der Waals surface area contributed by atoms with E-state index in [0.29, 0.717) is 30.7 Å². The first-order valence-corrected chi connectivity index (χ1v) is 6.75. The highest BCUT2D eigenvalue weighted by atomic mass is 16.5. The molecule has 21 heavy (non-hydrogen) atoms. The number of ether oxygens (including phenoxy) is 1. The van der Waals surface area contributed by atoms with Gasteiger partial charge < -0.3 is 14.7 Å². The Morgan fingerprint density at radius 3 is 2.81 bits per heavy atom. The molecule has 1 amide bonds. The molecule has 0 bridgehead atoms. The minimum atomic E-state index is -0.987. The smallest absolute Gasteiger partial charge is 0.326 e. The summed E-state index contributed by atoms with van der Waals surface area (Å²) in [6.45, 7) is 1.66. The van der Waals surface area contributed by atoms with Gasteiger partial charge in [0, 0.05) is 12.1 Å².